The molecule has 0 amide bonds. The second-order valence-electron chi connectivity index (χ2n) is 2.52. The number of carbonyl (C=O) groups is 1. The van der Waals surface area contributed by atoms with Gasteiger partial charge in [-0.05, 0) is 19.1 Å². The molecule has 3 heteroatoms. The van der Waals surface area contributed by atoms with E-state index in [-0.39, 0.29) is 0 Å². The zero-order chi connectivity index (χ0) is 9.52. The van der Waals surface area contributed by atoms with Gasteiger partial charge in [0, 0.05) is 12.8 Å². The second kappa shape index (κ2) is 5.32. The lowest BCUT2D eigenvalue weighted by atomic mass is 10.2. The van der Waals surface area contributed by atoms with Crippen molar-refractivity contribution in [1.29, 1.82) is 0 Å². The maximum Gasteiger partial charge on any atom is 0.154 e. The molecule has 70 valence electrons. The van der Waals surface area contributed by atoms with Crippen molar-refractivity contribution in [1.82, 2.24) is 5.32 Å². The van der Waals surface area contributed by atoms with E-state index in [0.717, 1.165) is 12.0 Å². The average molecular weight is 179 g/mol. The highest BCUT2D eigenvalue weighted by Crippen LogP contribution is 2.04. The molecule has 0 aromatic rings. The van der Waals surface area contributed by atoms with Gasteiger partial charge in [0.1, 0.15) is 0 Å². The molecule has 1 N–H and O–H groups in total. The maximum atomic E-state index is 10.7. The summed E-state index contributed by atoms with van der Waals surface area (Å²) in [4.78, 5) is 10.7. The molecule has 1 aliphatic heterocycles. The molecular formula is C10H13NO2. The van der Waals surface area contributed by atoms with Crippen LogP contribution in [-0.2, 0) is 9.53 Å². The first-order chi connectivity index (χ1) is 6.38. The summed E-state index contributed by atoms with van der Waals surface area (Å²) >= 11 is 0. The standard InChI is InChI=1S/C10H13NO2/c1-2-13-10(8-12)9-6-4-3-5-7-11-9/h3-8,10-11H,2H2,1H3. The Hall–Kier alpha value is -1.35. The number of carbonyl (C=O) groups excluding carboxylic acids is 1. The number of nitrogens with one attached hydrogen (secondary N) is 1. The van der Waals surface area contributed by atoms with Gasteiger partial charge < -0.3 is 14.8 Å². The van der Waals surface area contributed by atoms with Crippen LogP contribution in [0.1, 0.15) is 6.92 Å². The van der Waals surface area contributed by atoms with Gasteiger partial charge in [0.15, 0.2) is 12.4 Å². The molecule has 0 aliphatic carbocycles. The third-order valence-corrected chi connectivity index (χ3v) is 1.62. The quantitative estimate of drug-likeness (QED) is 0.658. The van der Waals surface area contributed by atoms with E-state index in [2.05, 4.69) is 5.32 Å². The summed E-state index contributed by atoms with van der Waals surface area (Å²) in [6.07, 6.45) is 9.50. The minimum Gasteiger partial charge on any atom is -0.365 e. The molecule has 0 saturated heterocycles. The van der Waals surface area contributed by atoms with Gasteiger partial charge >= 0.3 is 0 Å². The topological polar surface area (TPSA) is 38.3 Å². The second-order valence-corrected chi connectivity index (χ2v) is 2.52. The average Bonchev–Trinajstić information content (AvgIpc) is 2.42. The Morgan fingerprint density at radius 2 is 2.38 bits per heavy atom. The molecule has 1 rings (SSSR count). The van der Waals surface area contributed by atoms with Crippen LogP contribution in [-0.4, -0.2) is 19.0 Å². The fraction of sp³-hybridized carbons (Fsp3) is 0.300. The number of ether oxygens (including phenoxy) is 1. The van der Waals surface area contributed by atoms with Gasteiger partial charge in [-0.1, -0.05) is 12.2 Å². The van der Waals surface area contributed by atoms with Gasteiger partial charge in [0.2, 0.25) is 0 Å². The van der Waals surface area contributed by atoms with Crippen LogP contribution >= 0.6 is 0 Å². The Bertz CT molecular complexity index is 254. The molecule has 1 unspecified atom stereocenters. The van der Waals surface area contributed by atoms with Crippen LogP contribution in [0.2, 0.25) is 0 Å². The Balaban J connectivity index is 2.67. The first-order valence-corrected chi connectivity index (χ1v) is 4.25. The number of allylic oxidation sites excluding steroid dienone is 4. The summed E-state index contributed by atoms with van der Waals surface area (Å²) in [6, 6.07) is 0. The van der Waals surface area contributed by atoms with E-state index in [1.54, 1.807) is 6.20 Å². The number of hydrogen-bond donors (Lipinski definition) is 1. The van der Waals surface area contributed by atoms with E-state index in [9.17, 15) is 4.79 Å². The zero-order valence-corrected chi connectivity index (χ0v) is 7.57. The van der Waals surface area contributed by atoms with Crippen LogP contribution in [0.5, 0.6) is 0 Å². The van der Waals surface area contributed by atoms with Gasteiger partial charge in [-0.25, -0.2) is 0 Å². The molecular weight excluding hydrogens is 166 g/mol. The van der Waals surface area contributed by atoms with E-state index in [4.69, 9.17) is 4.74 Å². The highest BCUT2D eigenvalue weighted by atomic mass is 16.5. The Kier molecular flexibility index (Phi) is 3.99. The highest BCUT2D eigenvalue weighted by Gasteiger charge is 2.11. The minimum absolute atomic E-state index is 0.489. The van der Waals surface area contributed by atoms with Crippen molar-refractivity contribution >= 4 is 6.29 Å². The zero-order valence-electron chi connectivity index (χ0n) is 7.57. The molecule has 0 spiro atoms. The molecule has 0 aromatic carbocycles. The molecule has 1 atom stereocenters. The molecule has 1 aliphatic rings. The molecule has 0 bridgehead atoms. The van der Waals surface area contributed by atoms with E-state index in [1.165, 1.54) is 0 Å². The van der Waals surface area contributed by atoms with Gasteiger partial charge in [0.05, 0.1) is 5.70 Å². The first kappa shape index (κ1) is 9.74. The lowest BCUT2D eigenvalue weighted by Crippen LogP contribution is -2.24. The predicted molar refractivity (Wildman–Crippen MR) is 51.0 cm³/mol. The predicted octanol–water partition coefficient (Wildman–Crippen LogP) is 1.15. The van der Waals surface area contributed by atoms with E-state index < -0.39 is 6.10 Å². The summed E-state index contributed by atoms with van der Waals surface area (Å²) < 4.78 is 5.22. The monoisotopic (exact) mass is 179 g/mol. The number of hydrogen-bond acceptors (Lipinski definition) is 3. The minimum atomic E-state index is -0.489. The SMILES string of the molecule is CCOC(C=O)C1=CC=CC=CN1. The van der Waals surface area contributed by atoms with Crippen LogP contribution in [0.4, 0.5) is 0 Å². The van der Waals surface area contributed by atoms with Crippen LogP contribution in [0.3, 0.4) is 0 Å². The van der Waals surface area contributed by atoms with Crippen molar-refractivity contribution in [3.05, 3.63) is 36.2 Å². The Labute approximate surface area is 77.8 Å². The van der Waals surface area contributed by atoms with Crippen molar-refractivity contribution < 1.29 is 9.53 Å². The molecule has 0 radical (unpaired) electrons. The molecule has 0 saturated carbocycles. The number of rotatable bonds is 4. The molecule has 1 heterocycles. The van der Waals surface area contributed by atoms with Gasteiger partial charge in [-0.2, -0.15) is 0 Å². The lowest BCUT2D eigenvalue weighted by Gasteiger charge is -2.13. The summed E-state index contributed by atoms with van der Waals surface area (Å²) in [6.45, 7) is 2.38. The third kappa shape index (κ3) is 2.87. The fourth-order valence-electron chi connectivity index (χ4n) is 1.03. The number of aldehydes is 1. The van der Waals surface area contributed by atoms with Crippen molar-refractivity contribution in [2.75, 3.05) is 6.61 Å². The molecule has 0 aromatic heterocycles. The van der Waals surface area contributed by atoms with Crippen LogP contribution in [0, 0.1) is 0 Å². The van der Waals surface area contributed by atoms with E-state index in [0.29, 0.717) is 6.61 Å². The van der Waals surface area contributed by atoms with Crippen LogP contribution < -0.4 is 5.32 Å². The van der Waals surface area contributed by atoms with Gasteiger partial charge in [-0.15, -0.1) is 0 Å². The van der Waals surface area contributed by atoms with E-state index >= 15 is 0 Å². The Morgan fingerprint density at radius 1 is 1.54 bits per heavy atom. The van der Waals surface area contributed by atoms with Gasteiger partial charge in [-0.3, -0.25) is 0 Å². The summed E-state index contributed by atoms with van der Waals surface area (Å²) in [5.74, 6) is 0. The lowest BCUT2D eigenvalue weighted by molar-refractivity contribution is -0.115. The maximum absolute atomic E-state index is 10.7. The summed E-state index contributed by atoms with van der Waals surface area (Å²) in [7, 11) is 0. The molecule has 0 fully saturated rings. The summed E-state index contributed by atoms with van der Waals surface area (Å²) in [5, 5.41) is 2.98. The highest BCUT2D eigenvalue weighted by molar-refractivity contribution is 5.62. The van der Waals surface area contributed by atoms with Gasteiger partial charge in [0.25, 0.3) is 0 Å². The molecule has 13 heavy (non-hydrogen) atoms. The summed E-state index contributed by atoms with van der Waals surface area (Å²) in [5.41, 5.74) is 0.766. The first-order valence-electron chi connectivity index (χ1n) is 4.25. The third-order valence-electron chi connectivity index (χ3n) is 1.62. The van der Waals surface area contributed by atoms with Crippen molar-refractivity contribution in [3.8, 4) is 0 Å². The molecule has 3 nitrogen and oxygen atoms in total. The fourth-order valence-corrected chi connectivity index (χ4v) is 1.03. The smallest absolute Gasteiger partial charge is 0.154 e. The van der Waals surface area contributed by atoms with Crippen LogP contribution in [0.25, 0.3) is 0 Å². The van der Waals surface area contributed by atoms with E-state index in [1.807, 2.05) is 31.2 Å². The largest absolute Gasteiger partial charge is 0.365 e. The van der Waals surface area contributed by atoms with Crippen LogP contribution in [0.15, 0.2) is 36.2 Å². The Morgan fingerprint density at radius 3 is 3.08 bits per heavy atom. The van der Waals surface area contributed by atoms with Crippen molar-refractivity contribution in [3.63, 3.8) is 0 Å². The van der Waals surface area contributed by atoms with Crippen molar-refractivity contribution in [2.45, 2.75) is 13.0 Å². The normalized spacial score (nSPS) is 17.2. The van der Waals surface area contributed by atoms with Crippen molar-refractivity contribution in [2.24, 2.45) is 0 Å².